The van der Waals surface area contributed by atoms with Gasteiger partial charge in [-0.15, -0.1) is 23.1 Å². The minimum atomic E-state index is -3.59. The van der Waals surface area contributed by atoms with E-state index in [4.69, 9.17) is 9.88 Å². The molecule has 1 aliphatic heterocycles. The SMILES string of the molecule is COc1ccc(CC2CSc3sc(S(N)(=O)=O)cc3C2)cc1. The zero-order valence-electron chi connectivity index (χ0n) is 12.1. The van der Waals surface area contributed by atoms with Crippen molar-refractivity contribution >= 4 is 33.1 Å². The average Bonchev–Trinajstić information content (AvgIpc) is 2.91. The minimum absolute atomic E-state index is 0.273. The van der Waals surface area contributed by atoms with Gasteiger partial charge < -0.3 is 4.74 Å². The summed E-state index contributed by atoms with van der Waals surface area (Å²) in [5.74, 6) is 2.37. The van der Waals surface area contributed by atoms with Gasteiger partial charge in [-0.3, -0.25) is 0 Å². The van der Waals surface area contributed by atoms with Crippen LogP contribution in [0.25, 0.3) is 0 Å². The molecule has 2 heterocycles. The van der Waals surface area contributed by atoms with Crippen LogP contribution in [0.3, 0.4) is 0 Å². The Hall–Kier alpha value is -1.02. The Balaban J connectivity index is 1.72. The standard InChI is InChI=1S/C15H17NO3S3/c1-19-13-4-2-10(3-5-13)6-11-7-12-8-14(22(16,17)18)21-15(12)20-9-11/h2-5,8,11H,6-7,9H2,1H3,(H2,16,17,18). The summed E-state index contributed by atoms with van der Waals surface area (Å²) in [4.78, 5) is 0. The van der Waals surface area contributed by atoms with Crippen LogP contribution in [0, 0.1) is 5.92 Å². The number of ether oxygens (including phenoxy) is 1. The predicted octanol–water partition coefficient (Wildman–Crippen LogP) is 2.91. The van der Waals surface area contributed by atoms with Crippen molar-refractivity contribution in [2.75, 3.05) is 12.9 Å². The van der Waals surface area contributed by atoms with Crippen molar-refractivity contribution in [3.63, 3.8) is 0 Å². The number of methoxy groups -OCH3 is 1. The van der Waals surface area contributed by atoms with Crippen LogP contribution in [0.1, 0.15) is 11.1 Å². The van der Waals surface area contributed by atoms with Gasteiger partial charge in [0.1, 0.15) is 9.96 Å². The number of thiophene rings is 1. The molecule has 0 spiro atoms. The molecule has 22 heavy (non-hydrogen) atoms. The topological polar surface area (TPSA) is 69.4 Å². The summed E-state index contributed by atoms with van der Waals surface area (Å²) in [5.41, 5.74) is 2.39. The van der Waals surface area contributed by atoms with Gasteiger partial charge in [0.25, 0.3) is 0 Å². The molecule has 1 aromatic heterocycles. The molecule has 0 radical (unpaired) electrons. The highest BCUT2D eigenvalue weighted by Gasteiger charge is 2.24. The molecule has 1 aliphatic rings. The van der Waals surface area contributed by atoms with E-state index in [1.807, 2.05) is 12.1 Å². The van der Waals surface area contributed by atoms with E-state index >= 15 is 0 Å². The Morgan fingerprint density at radius 1 is 1.32 bits per heavy atom. The van der Waals surface area contributed by atoms with Gasteiger partial charge in [-0.05, 0) is 48.1 Å². The molecule has 2 N–H and O–H groups in total. The molecule has 1 atom stereocenters. The van der Waals surface area contributed by atoms with E-state index < -0.39 is 10.0 Å². The van der Waals surface area contributed by atoms with Gasteiger partial charge >= 0.3 is 0 Å². The number of hydrogen-bond donors (Lipinski definition) is 1. The van der Waals surface area contributed by atoms with Crippen LogP contribution in [-0.2, 0) is 22.9 Å². The smallest absolute Gasteiger partial charge is 0.247 e. The van der Waals surface area contributed by atoms with Crippen molar-refractivity contribution in [1.29, 1.82) is 0 Å². The second-order valence-electron chi connectivity index (χ2n) is 5.36. The second kappa shape index (κ2) is 6.23. The zero-order chi connectivity index (χ0) is 15.7. The number of nitrogens with two attached hydrogens (primary N) is 1. The molecule has 1 aromatic carbocycles. The van der Waals surface area contributed by atoms with Gasteiger partial charge in [0.2, 0.25) is 10.0 Å². The summed E-state index contributed by atoms with van der Waals surface area (Å²) < 4.78 is 29.4. The van der Waals surface area contributed by atoms with E-state index in [0.717, 1.165) is 34.1 Å². The molecule has 0 saturated heterocycles. The lowest BCUT2D eigenvalue weighted by atomic mass is 9.95. The second-order valence-corrected chi connectivity index (χ2v) is 9.49. The van der Waals surface area contributed by atoms with E-state index in [-0.39, 0.29) is 4.21 Å². The number of hydrogen-bond acceptors (Lipinski definition) is 5. The van der Waals surface area contributed by atoms with Crippen LogP contribution in [-0.4, -0.2) is 21.3 Å². The van der Waals surface area contributed by atoms with Crippen molar-refractivity contribution in [2.24, 2.45) is 11.1 Å². The fourth-order valence-corrected chi connectivity index (χ4v) is 6.08. The first-order valence-corrected chi connectivity index (χ1v) is 10.2. The number of primary sulfonamides is 1. The monoisotopic (exact) mass is 355 g/mol. The van der Waals surface area contributed by atoms with Crippen LogP contribution in [0.4, 0.5) is 0 Å². The third kappa shape index (κ3) is 3.48. The quantitative estimate of drug-likeness (QED) is 0.915. The van der Waals surface area contributed by atoms with Gasteiger partial charge in [0.05, 0.1) is 11.3 Å². The first kappa shape index (κ1) is 15.9. The maximum atomic E-state index is 11.5. The van der Waals surface area contributed by atoms with Crippen LogP contribution in [0.2, 0.25) is 0 Å². The molecular formula is C15H17NO3S3. The average molecular weight is 356 g/mol. The minimum Gasteiger partial charge on any atom is -0.497 e. The molecule has 3 rings (SSSR count). The Labute approximate surface area is 138 Å². The Kier molecular flexibility index (Phi) is 4.49. The molecule has 0 aliphatic carbocycles. The Bertz CT molecular complexity index is 766. The van der Waals surface area contributed by atoms with E-state index in [1.165, 1.54) is 16.9 Å². The van der Waals surface area contributed by atoms with Gasteiger partial charge in [-0.2, -0.15) is 0 Å². The number of benzene rings is 1. The Morgan fingerprint density at radius 2 is 2.05 bits per heavy atom. The lowest BCUT2D eigenvalue weighted by molar-refractivity contribution is 0.414. The number of thioether (sulfide) groups is 1. The molecule has 118 valence electrons. The lowest BCUT2D eigenvalue weighted by Crippen LogP contribution is -2.14. The van der Waals surface area contributed by atoms with Gasteiger partial charge in [0, 0.05) is 5.75 Å². The Morgan fingerprint density at radius 3 is 2.68 bits per heavy atom. The number of rotatable bonds is 4. The molecular weight excluding hydrogens is 338 g/mol. The van der Waals surface area contributed by atoms with Gasteiger partial charge in [-0.25, -0.2) is 13.6 Å². The van der Waals surface area contributed by atoms with Crippen molar-refractivity contribution in [1.82, 2.24) is 0 Å². The highest BCUT2D eigenvalue weighted by Crippen LogP contribution is 2.41. The van der Waals surface area contributed by atoms with Crippen LogP contribution < -0.4 is 9.88 Å². The third-order valence-electron chi connectivity index (χ3n) is 3.67. The van der Waals surface area contributed by atoms with Gasteiger partial charge in [0.15, 0.2) is 0 Å². The maximum absolute atomic E-state index is 11.5. The third-order valence-corrected chi connectivity index (χ3v) is 7.83. The summed E-state index contributed by atoms with van der Waals surface area (Å²) >= 11 is 3.02. The highest BCUT2D eigenvalue weighted by atomic mass is 32.3. The first-order chi connectivity index (χ1) is 10.5. The van der Waals surface area contributed by atoms with Crippen molar-refractivity contribution in [2.45, 2.75) is 21.3 Å². The van der Waals surface area contributed by atoms with E-state index in [9.17, 15) is 8.42 Å². The molecule has 1 unspecified atom stereocenters. The fourth-order valence-electron chi connectivity index (χ4n) is 2.58. The largest absolute Gasteiger partial charge is 0.497 e. The highest BCUT2D eigenvalue weighted by molar-refractivity contribution is 8.01. The van der Waals surface area contributed by atoms with Crippen molar-refractivity contribution in [3.8, 4) is 5.75 Å². The van der Waals surface area contributed by atoms with Crippen LogP contribution in [0.15, 0.2) is 38.8 Å². The lowest BCUT2D eigenvalue weighted by Gasteiger charge is -2.21. The predicted molar refractivity (Wildman–Crippen MR) is 90.3 cm³/mol. The normalized spacial score (nSPS) is 18.0. The van der Waals surface area contributed by atoms with Crippen molar-refractivity contribution in [3.05, 3.63) is 41.5 Å². The first-order valence-electron chi connectivity index (χ1n) is 6.87. The molecule has 0 saturated carbocycles. The summed E-state index contributed by atoms with van der Waals surface area (Å²) in [6, 6.07) is 9.86. The fraction of sp³-hybridized carbons (Fsp3) is 0.333. The molecule has 4 nitrogen and oxygen atoms in total. The summed E-state index contributed by atoms with van der Waals surface area (Å²) in [6.07, 6.45) is 1.89. The van der Waals surface area contributed by atoms with Crippen LogP contribution in [0.5, 0.6) is 5.75 Å². The molecule has 0 fully saturated rings. The summed E-state index contributed by atoms with van der Waals surface area (Å²) in [7, 11) is -1.93. The molecule has 7 heteroatoms. The molecule has 0 bridgehead atoms. The zero-order valence-corrected chi connectivity index (χ0v) is 14.6. The summed E-state index contributed by atoms with van der Waals surface area (Å²) in [6.45, 7) is 0. The number of fused-ring (bicyclic) bond motifs is 1. The molecule has 0 amide bonds. The summed E-state index contributed by atoms with van der Waals surface area (Å²) in [5, 5.41) is 5.22. The molecule has 2 aromatic rings. The van der Waals surface area contributed by atoms with E-state index in [2.05, 4.69) is 12.1 Å². The van der Waals surface area contributed by atoms with Gasteiger partial charge in [-0.1, -0.05) is 12.1 Å². The number of sulfonamides is 1. The maximum Gasteiger partial charge on any atom is 0.247 e. The van der Waals surface area contributed by atoms with E-state index in [0.29, 0.717) is 5.92 Å². The van der Waals surface area contributed by atoms with E-state index in [1.54, 1.807) is 24.9 Å². The van der Waals surface area contributed by atoms with Crippen LogP contribution >= 0.6 is 23.1 Å². The van der Waals surface area contributed by atoms with Crippen molar-refractivity contribution < 1.29 is 13.2 Å².